The third-order valence-corrected chi connectivity index (χ3v) is 6.61. The van der Waals surface area contributed by atoms with Gasteiger partial charge in [0.05, 0.1) is 23.9 Å². The van der Waals surface area contributed by atoms with E-state index in [2.05, 4.69) is 51.1 Å². The van der Waals surface area contributed by atoms with Gasteiger partial charge in [0.15, 0.2) is 5.90 Å². The van der Waals surface area contributed by atoms with Gasteiger partial charge in [-0.2, -0.15) is 0 Å². The Balaban J connectivity index is 0.00000141. The number of nitrogens with zero attached hydrogens (tertiary/aromatic N) is 2. The van der Waals surface area contributed by atoms with E-state index in [4.69, 9.17) is 14.5 Å². The Morgan fingerprint density at radius 2 is 1.94 bits per heavy atom. The van der Waals surface area contributed by atoms with E-state index in [1.54, 1.807) is 0 Å². The van der Waals surface area contributed by atoms with Gasteiger partial charge in [0, 0.05) is 12.3 Å². The van der Waals surface area contributed by atoms with Gasteiger partial charge in [-0.3, -0.25) is 0 Å². The van der Waals surface area contributed by atoms with Crippen LogP contribution in [0.15, 0.2) is 40.9 Å². The Labute approximate surface area is 194 Å². The van der Waals surface area contributed by atoms with E-state index in [1.165, 1.54) is 5.57 Å². The first-order valence-corrected chi connectivity index (χ1v) is 12.2. The molecular formula is C27H42N2O3. The maximum atomic E-state index is 12.2. The lowest BCUT2D eigenvalue weighted by molar-refractivity contribution is -0.0849. The van der Waals surface area contributed by atoms with Gasteiger partial charge in [0.1, 0.15) is 6.61 Å². The SMILES string of the molecule is CC.CN(C)CCCC1(O)c2ccccc2COC2CCC(CC3=NC(C)(C)CO3)=CC21. The van der Waals surface area contributed by atoms with Crippen LogP contribution >= 0.6 is 0 Å². The van der Waals surface area contributed by atoms with Crippen LogP contribution in [-0.2, 0) is 21.7 Å². The highest BCUT2D eigenvalue weighted by Gasteiger charge is 2.46. The second kappa shape index (κ2) is 10.5. The fraction of sp³-hybridized carbons (Fsp3) is 0.667. The number of hydrogen-bond acceptors (Lipinski definition) is 5. The number of fused-ring (bicyclic) bond motifs is 2. The molecule has 1 N–H and O–H groups in total. The summed E-state index contributed by atoms with van der Waals surface area (Å²) in [6.45, 7) is 10.4. The zero-order valence-electron chi connectivity index (χ0n) is 20.9. The molecule has 0 amide bonds. The molecule has 0 fully saturated rings. The van der Waals surface area contributed by atoms with Crippen molar-refractivity contribution in [2.45, 2.75) is 83.6 Å². The molecule has 5 nitrogen and oxygen atoms in total. The molecule has 2 aliphatic heterocycles. The summed E-state index contributed by atoms with van der Waals surface area (Å²) < 4.78 is 12.2. The van der Waals surface area contributed by atoms with Crippen molar-refractivity contribution < 1.29 is 14.6 Å². The number of ether oxygens (including phenoxy) is 2. The minimum Gasteiger partial charge on any atom is -0.478 e. The Hall–Kier alpha value is -1.69. The molecule has 3 unspecified atom stereocenters. The van der Waals surface area contributed by atoms with Crippen LogP contribution in [0.3, 0.4) is 0 Å². The Morgan fingerprint density at radius 1 is 1.19 bits per heavy atom. The van der Waals surface area contributed by atoms with Gasteiger partial charge in [-0.25, -0.2) is 4.99 Å². The highest BCUT2D eigenvalue weighted by molar-refractivity contribution is 5.80. The van der Waals surface area contributed by atoms with Crippen molar-refractivity contribution in [3.63, 3.8) is 0 Å². The summed E-state index contributed by atoms with van der Waals surface area (Å²) in [5.74, 6) is 0.776. The minimum absolute atomic E-state index is 0.0355. The molecule has 0 aromatic heterocycles. The topological polar surface area (TPSA) is 54.3 Å². The van der Waals surface area contributed by atoms with E-state index in [-0.39, 0.29) is 17.6 Å². The van der Waals surface area contributed by atoms with E-state index < -0.39 is 5.60 Å². The van der Waals surface area contributed by atoms with Crippen molar-refractivity contribution in [1.29, 1.82) is 0 Å². The van der Waals surface area contributed by atoms with Gasteiger partial charge in [-0.05, 0) is 71.3 Å². The largest absolute Gasteiger partial charge is 0.478 e. The smallest absolute Gasteiger partial charge is 0.188 e. The second-order valence-electron chi connectivity index (χ2n) is 10.0. The molecule has 32 heavy (non-hydrogen) atoms. The average molecular weight is 443 g/mol. The summed E-state index contributed by atoms with van der Waals surface area (Å²) in [7, 11) is 4.17. The van der Waals surface area contributed by atoms with Crippen LogP contribution in [0.4, 0.5) is 0 Å². The molecule has 3 atom stereocenters. The van der Waals surface area contributed by atoms with Crippen LogP contribution in [-0.4, -0.2) is 54.8 Å². The summed E-state index contributed by atoms with van der Waals surface area (Å²) in [5, 5.41) is 12.2. The molecule has 0 radical (unpaired) electrons. The third kappa shape index (κ3) is 5.62. The van der Waals surface area contributed by atoms with Crippen molar-refractivity contribution >= 4 is 5.90 Å². The van der Waals surface area contributed by atoms with E-state index in [1.807, 2.05) is 26.0 Å². The Morgan fingerprint density at radius 3 is 2.62 bits per heavy atom. The summed E-state index contributed by atoms with van der Waals surface area (Å²) >= 11 is 0. The molecule has 5 heteroatoms. The maximum absolute atomic E-state index is 12.2. The normalized spacial score (nSPS) is 28.4. The van der Waals surface area contributed by atoms with Crippen LogP contribution in [0.1, 0.15) is 70.9 Å². The zero-order valence-corrected chi connectivity index (χ0v) is 20.9. The van der Waals surface area contributed by atoms with Gasteiger partial charge in [-0.1, -0.05) is 49.8 Å². The molecule has 1 aliphatic carbocycles. The molecule has 0 spiro atoms. The van der Waals surface area contributed by atoms with E-state index in [0.717, 1.165) is 55.7 Å². The van der Waals surface area contributed by atoms with Gasteiger partial charge < -0.3 is 19.5 Å². The lowest BCUT2D eigenvalue weighted by Gasteiger charge is -2.40. The van der Waals surface area contributed by atoms with Crippen molar-refractivity contribution in [2.24, 2.45) is 10.9 Å². The summed E-state index contributed by atoms with van der Waals surface area (Å²) in [6, 6.07) is 8.26. The van der Waals surface area contributed by atoms with E-state index in [0.29, 0.717) is 13.2 Å². The van der Waals surface area contributed by atoms with Crippen molar-refractivity contribution in [1.82, 2.24) is 4.90 Å². The molecule has 1 aromatic carbocycles. The van der Waals surface area contributed by atoms with Gasteiger partial charge in [0.25, 0.3) is 0 Å². The Bertz CT molecular complexity index is 830. The number of aliphatic imine (C=N–C) groups is 1. The van der Waals surface area contributed by atoms with E-state index in [9.17, 15) is 5.11 Å². The molecule has 1 aromatic rings. The van der Waals surface area contributed by atoms with Crippen LogP contribution in [0.2, 0.25) is 0 Å². The number of benzene rings is 1. The molecule has 4 rings (SSSR count). The number of aliphatic hydroxyl groups is 1. The highest BCUT2D eigenvalue weighted by atomic mass is 16.5. The predicted octanol–water partition coefficient (Wildman–Crippen LogP) is 5.07. The molecule has 0 saturated carbocycles. The predicted molar refractivity (Wildman–Crippen MR) is 131 cm³/mol. The quantitative estimate of drug-likeness (QED) is 0.625. The third-order valence-electron chi connectivity index (χ3n) is 6.61. The summed E-state index contributed by atoms with van der Waals surface area (Å²) in [6.07, 6.45) is 6.61. The first-order chi connectivity index (χ1) is 15.3. The maximum Gasteiger partial charge on any atom is 0.188 e. The first-order valence-electron chi connectivity index (χ1n) is 12.2. The van der Waals surface area contributed by atoms with Crippen molar-refractivity contribution in [3.8, 4) is 0 Å². The molecule has 0 bridgehead atoms. The highest BCUT2D eigenvalue weighted by Crippen LogP contribution is 2.46. The van der Waals surface area contributed by atoms with Crippen molar-refractivity contribution in [2.75, 3.05) is 27.2 Å². The van der Waals surface area contributed by atoms with Crippen LogP contribution in [0, 0.1) is 5.92 Å². The van der Waals surface area contributed by atoms with E-state index >= 15 is 0 Å². The van der Waals surface area contributed by atoms with Crippen LogP contribution in [0.5, 0.6) is 0 Å². The molecule has 178 valence electrons. The van der Waals surface area contributed by atoms with Crippen molar-refractivity contribution in [3.05, 3.63) is 47.0 Å². The Kier molecular flexibility index (Phi) is 8.18. The van der Waals surface area contributed by atoms with Crippen LogP contribution < -0.4 is 0 Å². The lowest BCUT2D eigenvalue weighted by Crippen LogP contribution is -2.42. The van der Waals surface area contributed by atoms with Gasteiger partial charge >= 0.3 is 0 Å². The molecular weight excluding hydrogens is 400 g/mol. The monoisotopic (exact) mass is 442 g/mol. The molecule has 2 heterocycles. The minimum atomic E-state index is -0.920. The number of rotatable bonds is 6. The fourth-order valence-corrected chi connectivity index (χ4v) is 5.09. The summed E-state index contributed by atoms with van der Waals surface area (Å²) in [4.78, 5) is 6.91. The van der Waals surface area contributed by atoms with Gasteiger partial charge in [0.2, 0.25) is 0 Å². The average Bonchev–Trinajstić information content (AvgIpc) is 3.06. The number of hydrogen-bond donors (Lipinski definition) is 1. The molecule has 0 saturated heterocycles. The molecule has 3 aliphatic rings. The standard InChI is InChI=1S/C25H36N2O3.C2H6/c1-24(2)17-30-23(26-24)15-18-10-11-22-21(14-18)25(28,12-7-13-27(3)4)20-9-6-5-8-19(20)16-29-22;1-2/h5-6,8-9,14,21-22,28H,7,10-13,15-17H2,1-4H3;1-2H3. The lowest BCUT2D eigenvalue weighted by atomic mass is 9.70. The second-order valence-corrected chi connectivity index (χ2v) is 10.0. The summed E-state index contributed by atoms with van der Waals surface area (Å²) in [5.41, 5.74) is 2.40. The van der Waals surface area contributed by atoms with Gasteiger partial charge in [-0.15, -0.1) is 0 Å². The van der Waals surface area contributed by atoms with Crippen LogP contribution in [0.25, 0.3) is 0 Å². The fourth-order valence-electron chi connectivity index (χ4n) is 5.09. The zero-order chi connectivity index (χ0) is 23.4. The first kappa shape index (κ1) is 24.9.